The molecule has 5 heteroatoms. The van der Waals surface area contributed by atoms with Crippen molar-refractivity contribution in [1.82, 2.24) is 0 Å². The average Bonchev–Trinajstić information content (AvgIpc) is 2.48. The van der Waals surface area contributed by atoms with Crippen LogP contribution in [0.3, 0.4) is 0 Å². The average molecular weight is 233 g/mol. The first-order valence-electron chi connectivity index (χ1n) is 5.09. The third kappa shape index (κ3) is 1.51. The molecule has 0 amide bonds. The van der Waals surface area contributed by atoms with Gasteiger partial charge in [-0.05, 0) is 12.5 Å². The molecule has 0 spiro atoms. The van der Waals surface area contributed by atoms with E-state index in [1.165, 1.54) is 0 Å². The van der Waals surface area contributed by atoms with Crippen molar-refractivity contribution in [2.24, 2.45) is 5.16 Å². The first kappa shape index (κ1) is 11.3. The molecular formula is C12H11NO4. The third-order valence-electron chi connectivity index (χ3n) is 3.11. The maximum atomic E-state index is 11.9. The van der Waals surface area contributed by atoms with E-state index >= 15 is 0 Å². The molecule has 1 atom stereocenters. The number of hydrogen-bond acceptors (Lipinski definition) is 4. The third-order valence-corrected chi connectivity index (χ3v) is 3.11. The quantitative estimate of drug-likeness (QED) is 0.597. The molecule has 0 saturated carbocycles. The van der Waals surface area contributed by atoms with Crippen LogP contribution in [0.5, 0.6) is 0 Å². The first-order valence-corrected chi connectivity index (χ1v) is 5.09. The zero-order valence-electron chi connectivity index (χ0n) is 9.17. The van der Waals surface area contributed by atoms with E-state index in [-0.39, 0.29) is 12.1 Å². The van der Waals surface area contributed by atoms with Crippen molar-refractivity contribution in [1.29, 1.82) is 0 Å². The fraction of sp³-hybridized carbons (Fsp3) is 0.250. The Hall–Kier alpha value is -2.17. The summed E-state index contributed by atoms with van der Waals surface area (Å²) < 4.78 is 0. The van der Waals surface area contributed by atoms with Gasteiger partial charge in [-0.3, -0.25) is 9.59 Å². The molecule has 0 bridgehead atoms. The van der Waals surface area contributed by atoms with Crippen LogP contribution in [0.25, 0.3) is 0 Å². The molecule has 1 aliphatic carbocycles. The number of rotatable bonds is 2. The molecule has 2 rings (SSSR count). The topological polar surface area (TPSA) is 87.0 Å². The fourth-order valence-electron chi connectivity index (χ4n) is 2.31. The van der Waals surface area contributed by atoms with E-state index in [2.05, 4.69) is 5.16 Å². The molecule has 1 aromatic rings. The number of Topliss-reactive ketones (excluding diaryl/α,β-unsaturated/α-hetero) is 1. The van der Waals surface area contributed by atoms with E-state index in [4.69, 9.17) is 10.3 Å². The highest BCUT2D eigenvalue weighted by Gasteiger charge is 2.47. The number of nitrogens with zero attached hydrogens (tertiary/aromatic N) is 1. The molecule has 1 unspecified atom stereocenters. The van der Waals surface area contributed by atoms with Gasteiger partial charge in [0.1, 0.15) is 5.71 Å². The van der Waals surface area contributed by atoms with E-state index < -0.39 is 17.2 Å². The largest absolute Gasteiger partial charge is 0.481 e. The minimum absolute atomic E-state index is 0.110. The van der Waals surface area contributed by atoms with Gasteiger partial charge >= 0.3 is 5.97 Å². The molecule has 0 fully saturated rings. The second kappa shape index (κ2) is 3.69. The predicted molar refractivity (Wildman–Crippen MR) is 59.6 cm³/mol. The van der Waals surface area contributed by atoms with Crippen molar-refractivity contribution >= 4 is 17.5 Å². The lowest BCUT2D eigenvalue weighted by molar-refractivity contribution is -0.137. The number of hydrogen-bond donors (Lipinski definition) is 2. The highest BCUT2D eigenvalue weighted by atomic mass is 16.4. The Balaban J connectivity index is 2.65. The predicted octanol–water partition coefficient (Wildman–Crippen LogP) is 1.45. The van der Waals surface area contributed by atoms with Crippen molar-refractivity contribution in [3.63, 3.8) is 0 Å². The number of fused-ring (bicyclic) bond motifs is 1. The monoisotopic (exact) mass is 233 g/mol. The second-order valence-electron chi connectivity index (χ2n) is 4.23. The van der Waals surface area contributed by atoms with Crippen molar-refractivity contribution in [2.45, 2.75) is 18.8 Å². The Labute approximate surface area is 97.4 Å². The van der Waals surface area contributed by atoms with Crippen molar-refractivity contribution in [3.05, 3.63) is 35.4 Å². The van der Waals surface area contributed by atoms with Gasteiger partial charge in [0.2, 0.25) is 5.78 Å². The maximum Gasteiger partial charge on any atom is 0.304 e. The normalized spacial score (nSPS) is 25.0. The first-order chi connectivity index (χ1) is 8.00. The van der Waals surface area contributed by atoms with Gasteiger partial charge in [0.25, 0.3) is 0 Å². The Morgan fingerprint density at radius 2 is 2.06 bits per heavy atom. The molecule has 0 saturated heterocycles. The summed E-state index contributed by atoms with van der Waals surface area (Å²) in [5, 5.41) is 20.8. The molecular weight excluding hydrogens is 222 g/mol. The second-order valence-corrected chi connectivity index (χ2v) is 4.23. The summed E-state index contributed by atoms with van der Waals surface area (Å²) in [4.78, 5) is 22.8. The number of benzene rings is 1. The highest BCUT2D eigenvalue weighted by molar-refractivity contribution is 6.52. The summed E-state index contributed by atoms with van der Waals surface area (Å²) in [5.74, 6) is -1.45. The van der Waals surface area contributed by atoms with Crippen LogP contribution in [0.1, 0.15) is 29.3 Å². The van der Waals surface area contributed by atoms with Crippen LogP contribution in [-0.4, -0.2) is 27.8 Å². The van der Waals surface area contributed by atoms with Crippen molar-refractivity contribution in [2.75, 3.05) is 0 Å². The number of carboxylic acid groups (broad SMARTS) is 1. The van der Waals surface area contributed by atoms with Gasteiger partial charge in [-0.1, -0.05) is 29.4 Å². The molecule has 0 aliphatic heterocycles. The lowest BCUT2D eigenvalue weighted by atomic mass is 9.79. The van der Waals surface area contributed by atoms with E-state index in [1.807, 2.05) is 0 Å². The van der Waals surface area contributed by atoms with E-state index in [0.717, 1.165) is 0 Å². The van der Waals surface area contributed by atoms with Gasteiger partial charge in [0, 0.05) is 5.56 Å². The van der Waals surface area contributed by atoms with Gasteiger partial charge in [-0.2, -0.15) is 0 Å². The summed E-state index contributed by atoms with van der Waals surface area (Å²) in [6, 6.07) is 6.72. The Bertz CT molecular complexity index is 535. The smallest absolute Gasteiger partial charge is 0.304 e. The fourth-order valence-corrected chi connectivity index (χ4v) is 2.31. The maximum absolute atomic E-state index is 11.9. The van der Waals surface area contributed by atoms with Crippen LogP contribution in [0.2, 0.25) is 0 Å². The summed E-state index contributed by atoms with van der Waals surface area (Å²) in [6.07, 6.45) is -0.283. The molecule has 1 aliphatic rings. The minimum atomic E-state index is -1.06. The Morgan fingerprint density at radius 1 is 1.41 bits per heavy atom. The Morgan fingerprint density at radius 3 is 2.65 bits per heavy atom. The van der Waals surface area contributed by atoms with Crippen LogP contribution >= 0.6 is 0 Å². The summed E-state index contributed by atoms with van der Waals surface area (Å²) in [5.41, 5.74) is -0.167. The van der Waals surface area contributed by atoms with Crippen LogP contribution < -0.4 is 0 Å². The SMILES string of the molecule is CC1(CC(=O)O)/C(=N\O)C(=O)c2ccccc21. The molecule has 88 valence electrons. The lowest BCUT2D eigenvalue weighted by Crippen LogP contribution is -2.33. The van der Waals surface area contributed by atoms with E-state index in [1.54, 1.807) is 31.2 Å². The standard InChI is InChI=1S/C12H11NO4/c1-12(6-9(14)15)8-5-3-2-4-7(8)10(16)11(12)13-17/h2-5,17H,6H2,1H3,(H,14,15)/b13-11-. The van der Waals surface area contributed by atoms with Crippen LogP contribution in [0, 0.1) is 0 Å². The van der Waals surface area contributed by atoms with Crippen LogP contribution in [0.4, 0.5) is 0 Å². The number of aliphatic carboxylic acids is 1. The van der Waals surface area contributed by atoms with E-state index in [0.29, 0.717) is 11.1 Å². The van der Waals surface area contributed by atoms with Gasteiger partial charge in [-0.15, -0.1) is 0 Å². The Kier molecular flexibility index (Phi) is 2.46. The van der Waals surface area contributed by atoms with Gasteiger partial charge in [-0.25, -0.2) is 0 Å². The summed E-state index contributed by atoms with van der Waals surface area (Å²) >= 11 is 0. The van der Waals surface area contributed by atoms with Crippen LogP contribution in [0.15, 0.2) is 29.4 Å². The van der Waals surface area contributed by atoms with Crippen molar-refractivity contribution in [3.8, 4) is 0 Å². The molecule has 17 heavy (non-hydrogen) atoms. The highest BCUT2D eigenvalue weighted by Crippen LogP contribution is 2.39. The van der Waals surface area contributed by atoms with Gasteiger partial charge in [0.05, 0.1) is 11.8 Å². The number of ketones is 1. The van der Waals surface area contributed by atoms with Gasteiger partial charge in [0.15, 0.2) is 0 Å². The lowest BCUT2D eigenvalue weighted by Gasteiger charge is -2.22. The summed E-state index contributed by atoms with van der Waals surface area (Å²) in [7, 11) is 0. The summed E-state index contributed by atoms with van der Waals surface area (Å²) in [6.45, 7) is 1.60. The zero-order chi connectivity index (χ0) is 12.6. The van der Waals surface area contributed by atoms with E-state index in [9.17, 15) is 9.59 Å². The van der Waals surface area contributed by atoms with Crippen molar-refractivity contribution < 1.29 is 19.9 Å². The molecule has 0 radical (unpaired) electrons. The molecule has 1 aromatic carbocycles. The number of carboxylic acids is 1. The van der Waals surface area contributed by atoms with Gasteiger partial charge < -0.3 is 10.3 Å². The zero-order valence-corrected chi connectivity index (χ0v) is 9.17. The molecule has 5 nitrogen and oxygen atoms in total. The molecule has 0 aromatic heterocycles. The van der Waals surface area contributed by atoms with Crippen LogP contribution in [-0.2, 0) is 10.2 Å². The molecule has 0 heterocycles. The number of oxime groups is 1. The number of carbonyl (C=O) groups excluding carboxylic acids is 1. The number of carbonyl (C=O) groups is 2. The minimum Gasteiger partial charge on any atom is -0.481 e. The molecule has 2 N–H and O–H groups in total.